The Hall–Kier alpha value is -0.870. The molecule has 0 aliphatic rings. The molecule has 0 aliphatic carbocycles. The third-order valence-electron chi connectivity index (χ3n) is 3.14. The molecule has 1 aromatic rings. The topological polar surface area (TPSA) is 47.3 Å². The van der Waals surface area contributed by atoms with E-state index in [0.717, 1.165) is 36.5 Å². The maximum absolute atomic E-state index is 9.68. The van der Waals surface area contributed by atoms with Gasteiger partial charge in [0, 0.05) is 17.9 Å². The highest BCUT2D eigenvalue weighted by Gasteiger charge is 2.15. The monoisotopic (exact) mass is 254 g/mol. The lowest BCUT2D eigenvalue weighted by Crippen LogP contribution is -2.10. The second kappa shape index (κ2) is 6.90. The largest absolute Gasteiger partial charge is 0.389 e. The average Bonchev–Trinajstić information content (AvgIpc) is 2.53. The minimum absolute atomic E-state index is 0.458. The van der Waals surface area contributed by atoms with Crippen LogP contribution < -0.4 is 0 Å². The van der Waals surface area contributed by atoms with E-state index >= 15 is 0 Å². The molecular formula is C14H26N2O2. The number of hydrogen-bond donors (Lipinski definition) is 1. The van der Waals surface area contributed by atoms with Gasteiger partial charge in [-0.2, -0.15) is 5.10 Å². The van der Waals surface area contributed by atoms with Crippen LogP contribution >= 0.6 is 0 Å². The number of ether oxygens (including phenoxy) is 1. The Bertz CT molecular complexity index is 370. The summed E-state index contributed by atoms with van der Waals surface area (Å²) in [7, 11) is 0. The normalized spacial score (nSPS) is 13.3. The van der Waals surface area contributed by atoms with Crippen molar-refractivity contribution < 1.29 is 9.84 Å². The van der Waals surface area contributed by atoms with E-state index in [1.165, 1.54) is 0 Å². The second-order valence-corrected chi connectivity index (χ2v) is 5.28. The zero-order valence-electron chi connectivity index (χ0n) is 12.2. The van der Waals surface area contributed by atoms with E-state index in [1.54, 1.807) is 6.92 Å². The molecule has 0 bridgehead atoms. The molecule has 1 atom stereocenters. The van der Waals surface area contributed by atoms with Gasteiger partial charge in [0.2, 0.25) is 0 Å². The van der Waals surface area contributed by atoms with Gasteiger partial charge in [-0.05, 0) is 33.1 Å². The van der Waals surface area contributed by atoms with Gasteiger partial charge >= 0.3 is 0 Å². The third kappa shape index (κ3) is 4.10. The van der Waals surface area contributed by atoms with Crippen LogP contribution in [0.25, 0.3) is 0 Å². The summed E-state index contributed by atoms with van der Waals surface area (Å²) in [6.07, 6.45) is 0.636. The van der Waals surface area contributed by atoms with Crippen LogP contribution in [0, 0.1) is 19.8 Å². The first kappa shape index (κ1) is 15.2. The van der Waals surface area contributed by atoms with E-state index in [2.05, 4.69) is 18.9 Å². The van der Waals surface area contributed by atoms with Crippen LogP contribution in [-0.4, -0.2) is 28.1 Å². The second-order valence-electron chi connectivity index (χ2n) is 5.28. The average molecular weight is 254 g/mol. The number of hydrogen-bond acceptors (Lipinski definition) is 3. The molecule has 0 spiro atoms. The molecule has 0 fully saturated rings. The molecule has 1 rings (SSSR count). The molecule has 0 saturated carbocycles. The van der Waals surface area contributed by atoms with Crippen LogP contribution in [0.1, 0.15) is 50.2 Å². The molecule has 0 aromatic carbocycles. The van der Waals surface area contributed by atoms with Crippen molar-refractivity contribution in [3.63, 3.8) is 0 Å². The lowest BCUT2D eigenvalue weighted by molar-refractivity contribution is 0.113. The van der Waals surface area contributed by atoms with Gasteiger partial charge in [-0.15, -0.1) is 0 Å². The van der Waals surface area contributed by atoms with Gasteiger partial charge < -0.3 is 9.84 Å². The molecule has 1 heterocycles. The van der Waals surface area contributed by atoms with Crippen molar-refractivity contribution in [1.29, 1.82) is 0 Å². The van der Waals surface area contributed by atoms with Gasteiger partial charge in [0.25, 0.3) is 0 Å². The first-order valence-electron chi connectivity index (χ1n) is 6.73. The van der Waals surface area contributed by atoms with Crippen LogP contribution in [0.5, 0.6) is 0 Å². The van der Waals surface area contributed by atoms with Crippen molar-refractivity contribution in [1.82, 2.24) is 9.78 Å². The quantitative estimate of drug-likeness (QED) is 0.761. The molecule has 0 saturated heterocycles. The Morgan fingerprint density at radius 3 is 2.39 bits per heavy atom. The number of aryl methyl sites for hydroxylation is 1. The van der Waals surface area contributed by atoms with Crippen LogP contribution in [0.15, 0.2) is 0 Å². The summed E-state index contributed by atoms with van der Waals surface area (Å²) in [6, 6.07) is 0. The zero-order valence-corrected chi connectivity index (χ0v) is 12.2. The fourth-order valence-corrected chi connectivity index (χ4v) is 2.11. The van der Waals surface area contributed by atoms with Gasteiger partial charge in [0.1, 0.15) is 0 Å². The minimum atomic E-state index is -0.458. The van der Waals surface area contributed by atoms with E-state index in [-0.39, 0.29) is 0 Å². The van der Waals surface area contributed by atoms with Crippen molar-refractivity contribution in [2.24, 2.45) is 5.92 Å². The Morgan fingerprint density at radius 2 is 1.89 bits per heavy atom. The van der Waals surface area contributed by atoms with E-state index < -0.39 is 6.10 Å². The van der Waals surface area contributed by atoms with Crippen molar-refractivity contribution >= 4 is 0 Å². The Morgan fingerprint density at radius 1 is 1.22 bits per heavy atom. The summed E-state index contributed by atoms with van der Waals surface area (Å²) < 4.78 is 7.51. The van der Waals surface area contributed by atoms with E-state index in [0.29, 0.717) is 12.5 Å². The molecule has 1 aromatic heterocycles. The first-order valence-corrected chi connectivity index (χ1v) is 6.73. The SMILES string of the molecule is Cc1nn(CCOCCC(C)C)c(C)c1C(C)O. The molecule has 4 nitrogen and oxygen atoms in total. The summed E-state index contributed by atoms with van der Waals surface area (Å²) in [5, 5.41) is 14.1. The smallest absolute Gasteiger partial charge is 0.0797 e. The molecule has 1 N–H and O–H groups in total. The zero-order chi connectivity index (χ0) is 13.7. The molecule has 0 aliphatic heterocycles. The summed E-state index contributed by atoms with van der Waals surface area (Å²) in [5.74, 6) is 0.681. The minimum Gasteiger partial charge on any atom is -0.389 e. The summed E-state index contributed by atoms with van der Waals surface area (Å²) in [6.45, 7) is 12.3. The van der Waals surface area contributed by atoms with Crippen molar-refractivity contribution in [2.75, 3.05) is 13.2 Å². The fourth-order valence-electron chi connectivity index (χ4n) is 2.11. The summed E-state index contributed by atoms with van der Waals surface area (Å²) in [4.78, 5) is 0. The van der Waals surface area contributed by atoms with Crippen LogP contribution in [-0.2, 0) is 11.3 Å². The van der Waals surface area contributed by atoms with Gasteiger partial charge in [0.15, 0.2) is 0 Å². The van der Waals surface area contributed by atoms with Crippen LogP contribution in [0.2, 0.25) is 0 Å². The maximum atomic E-state index is 9.68. The molecule has 18 heavy (non-hydrogen) atoms. The van der Waals surface area contributed by atoms with Crippen molar-refractivity contribution in [3.8, 4) is 0 Å². The maximum Gasteiger partial charge on any atom is 0.0797 e. The third-order valence-corrected chi connectivity index (χ3v) is 3.14. The van der Waals surface area contributed by atoms with E-state index in [4.69, 9.17) is 4.74 Å². The lowest BCUT2D eigenvalue weighted by atomic mass is 10.1. The number of nitrogens with zero attached hydrogens (tertiary/aromatic N) is 2. The summed E-state index contributed by atoms with van der Waals surface area (Å²) in [5.41, 5.74) is 2.89. The number of aliphatic hydroxyl groups is 1. The molecule has 1 unspecified atom stereocenters. The highest BCUT2D eigenvalue weighted by molar-refractivity contribution is 5.26. The van der Waals surface area contributed by atoms with Gasteiger partial charge in [-0.3, -0.25) is 4.68 Å². The Kier molecular flexibility index (Phi) is 5.82. The Labute approximate surface area is 110 Å². The van der Waals surface area contributed by atoms with E-state index in [1.807, 2.05) is 18.5 Å². The number of rotatable bonds is 7. The van der Waals surface area contributed by atoms with E-state index in [9.17, 15) is 5.11 Å². The number of aromatic nitrogens is 2. The van der Waals surface area contributed by atoms with Gasteiger partial charge in [-0.1, -0.05) is 13.8 Å². The van der Waals surface area contributed by atoms with Gasteiger partial charge in [0.05, 0.1) is 24.9 Å². The predicted molar refractivity (Wildman–Crippen MR) is 72.6 cm³/mol. The molecule has 0 amide bonds. The Balaban J connectivity index is 2.46. The van der Waals surface area contributed by atoms with Crippen molar-refractivity contribution in [2.45, 2.75) is 53.7 Å². The number of aliphatic hydroxyl groups excluding tert-OH is 1. The molecule has 104 valence electrons. The van der Waals surface area contributed by atoms with Crippen molar-refractivity contribution in [3.05, 3.63) is 17.0 Å². The molecular weight excluding hydrogens is 228 g/mol. The predicted octanol–water partition coefficient (Wildman–Crippen LogP) is 2.62. The highest BCUT2D eigenvalue weighted by atomic mass is 16.5. The first-order chi connectivity index (χ1) is 8.43. The van der Waals surface area contributed by atoms with Crippen LogP contribution in [0.3, 0.4) is 0 Å². The summed E-state index contributed by atoms with van der Waals surface area (Å²) >= 11 is 0. The fraction of sp³-hybridized carbons (Fsp3) is 0.786. The highest BCUT2D eigenvalue weighted by Crippen LogP contribution is 2.20. The molecule has 4 heteroatoms. The van der Waals surface area contributed by atoms with Gasteiger partial charge in [-0.25, -0.2) is 0 Å². The standard InChI is InChI=1S/C14H26N2O2/c1-10(2)6-8-18-9-7-16-12(4)14(13(5)17)11(3)15-16/h10,13,17H,6-9H2,1-5H3. The van der Waals surface area contributed by atoms with Crippen LogP contribution in [0.4, 0.5) is 0 Å². The lowest BCUT2D eigenvalue weighted by Gasteiger charge is -2.09. The molecule has 0 radical (unpaired) electrons.